The Morgan fingerprint density at radius 1 is 1.13 bits per heavy atom. The van der Waals surface area contributed by atoms with E-state index in [0.29, 0.717) is 18.0 Å². The molecule has 5 nitrogen and oxygen atoms in total. The molecule has 2 rings (SSSR count). The van der Waals surface area contributed by atoms with Gasteiger partial charge in [-0.1, -0.05) is 29.8 Å². The van der Waals surface area contributed by atoms with Crippen molar-refractivity contribution in [3.05, 3.63) is 64.7 Å². The molecule has 0 aliphatic rings. The smallest absolute Gasteiger partial charge is 0.356 e. The van der Waals surface area contributed by atoms with Gasteiger partial charge in [0.25, 0.3) is 0 Å². The second kappa shape index (κ2) is 10.2. The summed E-state index contributed by atoms with van der Waals surface area (Å²) >= 11 is 5.81. The van der Waals surface area contributed by atoms with Crippen LogP contribution in [-0.2, 0) is 27.4 Å². The van der Waals surface area contributed by atoms with Crippen molar-refractivity contribution >= 4 is 33.2 Å². The van der Waals surface area contributed by atoms with Gasteiger partial charge in [-0.3, -0.25) is 9.10 Å². The molecule has 10 heteroatoms. The minimum absolute atomic E-state index is 0.0472. The molecule has 0 saturated carbocycles. The molecule has 0 bridgehead atoms. The lowest BCUT2D eigenvalue weighted by Gasteiger charge is -2.23. The van der Waals surface area contributed by atoms with Gasteiger partial charge in [0.1, 0.15) is 0 Å². The van der Waals surface area contributed by atoms with Crippen LogP contribution in [0.4, 0.5) is 18.9 Å². The Labute approximate surface area is 178 Å². The Bertz CT molecular complexity index is 964. The van der Waals surface area contributed by atoms with Gasteiger partial charge in [-0.05, 0) is 48.7 Å². The Balaban J connectivity index is 1.89. The van der Waals surface area contributed by atoms with E-state index in [-0.39, 0.29) is 31.0 Å². The van der Waals surface area contributed by atoms with Gasteiger partial charge >= 0.3 is 6.18 Å². The molecule has 2 aromatic rings. The molecule has 0 aliphatic heterocycles. The van der Waals surface area contributed by atoms with Crippen molar-refractivity contribution in [3.63, 3.8) is 0 Å². The highest BCUT2D eigenvalue weighted by molar-refractivity contribution is 7.92. The maximum Gasteiger partial charge on any atom is 0.416 e. The number of amides is 1. The van der Waals surface area contributed by atoms with Crippen LogP contribution in [0, 0.1) is 0 Å². The molecule has 2 aromatic carbocycles. The monoisotopic (exact) mass is 462 g/mol. The topological polar surface area (TPSA) is 66.5 Å². The minimum Gasteiger partial charge on any atom is -0.356 e. The molecule has 0 spiro atoms. The summed E-state index contributed by atoms with van der Waals surface area (Å²) in [6.07, 6.45) is -2.84. The molecular weight excluding hydrogens is 441 g/mol. The van der Waals surface area contributed by atoms with E-state index in [4.69, 9.17) is 11.6 Å². The third-order valence-corrected chi connectivity index (χ3v) is 5.72. The number of nitrogens with zero attached hydrogens (tertiary/aromatic N) is 1. The molecule has 0 radical (unpaired) electrons. The van der Waals surface area contributed by atoms with E-state index < -0.39 is 21.8 Å². The average Bonchev–Trinajstić information content (AvgIpc) is 2.65. The molecule has 1 N–H and O–H groups in total. The number of hydrogen-bond acceptors (Lipinski definition) is 3. The van der Waals surface area contributed by atoms with Crippen molar-refractivity contribution in [2.45, 2.75) is 25.4 Å². The van der Waals surface area contributed by atoms with Crippen LogP contribution in [0.5, 0.6) is 0 Å². The molecule has 0 fully saturated rings. The van der Waals surface area contributed by atoms with E-state index in [0.717, 1.165) is 34.3 Å². The van der Waals surface area contributed by atoms with Crippen LogP contribution >= 0.6 is 11.6 Å². The van der Waals surface area contributed by atoms with Crippen LogP contribution in [0.25, 0.3) is 0 Å². The van der Waals surface area contributed by atoms with Crippen LogP contribution in [0.15, 0.2) is 48.5 Å². The van der Waals surface area contributed by atoms with E-state index in [1.165, 1.54) is 6.07 Å². The largest absolute Gasteiger partial charge is 0.416 e. The summed E-state index contributed by atoms with van der Waals surface area (Å²) in [5, 5.41) is 3.36. The zero-order valence-corrected chi connectivity index (χ0v) is 17.8. The highest BCUT2D eigenvalue weighted by Gasteiger charge is 2.31. The van der Waals surface area contributed by atoms with Crippen molar-refractivity contribution < 1.29 is 26.4 Å². The zero-order chi connectivity index (χ0) is 22.4. The molecule has 0 saturated heterocycles. The second-order valence-electron chi connectivity index (χ2n) is 6.71. The maximum absolute atomic E-state index is 12.9. The van der Waals surface area contributed by atoms with Gasteiger partial charge in [0.2, 0.25) is 15.9 Å². The summed E-state index contributed by atoms with van der Waals surface area (Å²) in [6.45, 7) is 0.300. The molecule has 0 heterocycles. The molecular formula is C20H22ClF3N2O3S. The fraction of sp³-hybridized carbons (Fsp3) is 0.350. The van der Waals surface area contributed by atoms with Crippen molar-refractivity contribution in [3.8, 4) is 0 Å². The van der Waals surface area contributed by atoms with E-state index >= 15 is 0 Å². The molecule has 1 amide bonds. The Morgan fingerprint density at radius 3 is 2.40 bits per heavy atom. The van der Waals surface area contributed by atoms with Gasteiger partial charge in [-0.25, -0.2) is 8.42 Å². The number of halogens is 4. The average molecular weight is 463 g/mol. The third kappa shape index (κ3) is 7.53. The van der Waals surface area contributed by atoms with Crippen LogP contribution in [0.1, 0.15) is 24.0 Å². The highest BCUT2D eigenvalue weighted by Crippen LogP contribution is 2.32. The lowest BCUT2D eigenvalue weighted by Crippen LogP contribution is -2.32. The standard InChI is InChI=1S/C20H22ClF3N2O3S/c1-30(28,29)26(18-5-2-4-16(14-18)20(22,23)24)13-3-6-19(27)25-12-11-15-7-9-17(21)10-8-15/h2,4-5,7-10,14H,3,6,11-13H2,1H3,(H,25,27). The summed E-state index contributed by atoms with van der Waals surface area (Å²) in [5.41, 5.74) is -0.0171. The summed E-state index contributed by atoms with van der Waals surface area (Å²) in [7, 11) is -3.81. The van der Waals surface area contributed by atoms with Gasteiger partial charge in [-0.2, -0.15) is 13.2 Å². The maximum atomic E-state index is 12.9. The predicted molar refractivity (Wildman–Crippen MR) is 111 cm³/mol. The fourth-order valence-corrected chi connectivity index (χ4v) is 3.88. The summed E-state index contributed by atoms with van der Waals surface area (Å²) in [6, 6.07) is 11.3. The zero-order valence-electron chi connectivity index (χ0n) is 16.2. The van der Waals surface area contributed by atoms with Gasteiger partial charge in [-0.15, -0.1) is 0 Å². The number of rotatable bonds is 9. The molecule has 0 aromatic heterocycles. The van der Waals surface area contributed by atoms with Gasteiger partial charge in [0.05, 0.1) is 17.5 Å². The lowest BCUT2D eigenvalue weighted by molar-refractivity contribution is -0.137. The van der Waals surface area contributed by atoms with Crippen molar-refractivity contribution in [1.82, 2.24) is 5.32 Å². The minimum atomic E-state index is -4.58. The number of alkyl halides is 3. The molecule has 0 atom stereocenters. The number of carbonyl (C=O) groups is 1. The Kier molecular flexibility index (Phi) is 8.14. The van der Waals surface area contributed by atoms with E-state index in [1.54, 1.807) is 12.1 Å². The summed E-state index contributed by atoms with van der Waals surface area (Å²) in [5.74, 6) is -0.263. The first-order chi connectivity index (χ1) is 14.0. The normalized spacial score (nSPS) is 11.9. The molecule has 0 aliphatic carbocycles. The number of nitrogens with one attached hydrogen (secondary N) is 1. The Morgan fingerprint density at radius 2 is 1.80 bits per heavy atom. The van der Waals surface area contributed by atoms with Gasteiger partial charge < -0.3 is 5.32 Å². The molecule has 0 unspecified atom stereocenters. The number of anilines is 1. The van der Waals surface area contributed by atoms with Crippen LogP contribution in [0.3, 0.4) is 0 Å². The van der Waals surface area contributed by atoms with Crippen molar-refractivity contribution in [1.29, 1.82) is 0 Å². The third-order valence-electron chi connectivity index (χ3n) is 4.28. The number of carbonyl (C=O) groups excluding carboxylic acids is 1. The quantitative estimate of drug-likeness (QED) is 0.605. The van der Waals surface area contributed by atoms with Crippen molar-refractivity contribution in [2.24, 2.45) is 0 Å². The van der Waals surface area contributed by atoms with E-state index in [2.05, 4.69) is 5.32 Å². The van der Waals surface area contributed by atoms with Crippen LogP contribution < -0.4 is 9.62 Å². The first-order valence-corrected chi connectivity index (χ1v) is 11.4. The number of benzene rings is 2. The molecule has 164 valence electrons. The van der Waals surface area contributed by atoms with Gasteiger partial charge in [0.15, 0.2) is 0 Å². The Hall–Kier alpha value is -2.26. The number of sulfonamides is 1. The van der Waals surface area contributed by atoms with Crippen LogP contribution in [0.2, 0.25) is 5.02 Å². The first-order valence-electron chi connectivity index (χ1n) is 9.13. The van der Waals surface area contributed by atoms with Gasteiger partial charge in [0, 0.05) is 24.5 Å². The van der Waals surface area contributed by atoms with Crippen molar-refractivity contribution in [2.75, 3.05) is 23.7 Å². The lowest BCUT2D eigenvalue weighted by atomic mass is 10.1. The number of hydrogen-bond donors (Lipinski definition) is 1. The van der Waals surface area contributed by atoms with E-state index in [1.807, 2.05) is 12.1 Å². The van der Waals surface area contributed by atoms with Crippen LogP contribution in [-0.4, -0.2) is 33.7 Å². The first kappa shape index (κ1) is 24.0. The fourth-order valence-electron chi connectivity index (χ4n) is 2.79. The second-order valence-corrected chi connectivity index (χ2v) is 9.06. The van der Waals surface area contributed by atoms with E-state index in [9.17, 15) is 26.4 Å². The highest BCUT2D eigenvalue weighted by atomic mass is 35.5. The summed E-state index contributed by atoms with van der Waals surface area (Å²) in [4.78, 5) is 12.0. The predicted octanol–water partition coefficient (Wildman–Crippen LogP) is 4.26. The summed E-state index contributed by atoms with van der Waals surface area (Å²) < 4.78 is 63.7. The SMILES string of the molecule is CS(=O)(=O)N(CCCC(=O)NCCc1ccc(Cl)cc1)c1cccc(C(F)(F)F)c1. The molecule has 30 heavy (non-hydrogen) atoms.